The van der Waals surface area contributed by atoms with E-state index in [9.17, 15) is 15.2 Å². The zero-order valence-corrected chi connectivity index (χ0v) is 21.8. The first-order valence-corrected chi connectivity index (χ1v) is 14.1. The van der Waals surface area contributed by atoms with Gasteiger partial charge in [-0.2, -0.15) is 5.26 Å². The second-order valence-electron chi connectivity index (χ2n) is 10.7. The number of pyridine rings is 1. The molecule has 0 aliphatic carbocycles. The van der Waals surface area contributed by atoms with Crippen molar-refractivity contribution < 1.29 is 14.3 Å². The molecule has 0 radical (unpaired) electrons. The maximum atomic E-state index is 13.3. The first kappa shape index (κ1) is 25.0. The third-order valence-electron chi connectivity index (χ3n) is 5.52. The van der Waals surface area contributed by atoms with Gasteiger partial charge in [-0.1, -0.05) is 20.8 Å². The Balaban J connectivity index is 2.08. The molecule has 2 aromatic rings. The number of benzene rings is 1. The molecule has 3 rings (SSSR count). The summed E-state index contributed by atoms with van der Waals surface area (Å²) in [5, 5.41) is 20.8. The third-order valence-corrected chi connectivity index (χ3v) is 6.38. The van der Waals surface area contributed by atoms with E-state index in [-0.39, 0.29) is 11.0 Å². The lowest BCUT2D eigenvalue weighted by molar-refractivity contribution is -0.159. The van der Waals surface area contributed by atoms with Crippen LogP contribution in [0.4, 0.5) is 0 Å². The number of hydrogen-bond donors (Lipinski definition) is 1. The van der Waals surface area contributed by atoms with Crippen molar-refractivity contribution in [1.29, 1.82) is 5.26 Å². The van der Waals surface area contributed by atoms with E-state index in [0.29, 0.717) is 34.6 Å². The lowest BCUT2D eigenvalue weighted by Gasteiger charge is -2.34. The Morgan fingerprint density at radius 1 is 1.18 bits per heavy atom. The van der Waals surface area contributed by atoms with Crippen molar-refractivity contribution in [2.45, 2.75) is 71.9 Å². The monoisotopic (exact) mass is 466 g/mol. The van der Waals surface area contributed by atoms with Gasteiger partial charge >= 0.3 is 0 Å². The van der Waals surface area contributed by atoms with Crippen molar-refractivity contribution >= 4 is 14.7 Å². The minimum atomic E-state index is -1.60. The minimum absolute atomic E-state index is 0.0194. The number of aromatic nitrogens is 1. The van der Waals surface area contributed by atoms with Crippen LogP contribution in [0.2, 0.25) is 13.1 Å². The summed E-state index contributed by atoms with van der Waals surface area (Å²) < 4.78 is 13.6. The van der Waals surface area contributed by atoms with E-state index < -0.39 is 20.4 Å². The standard InChI is InChI=1S/C26H34N2O4Si/c1-24(2,3)11-12-26(30,32-33(6)7)19-10-13-28(23(29)15-19)21-16-25(4,5)31-22-9-8-18(17-27)14-20(21)22/h8-10,13-16,30,33H,11-12H2,1-7H3. The first-order valence-electron chi connectivity index (χ1n) is 11.3. The highest BCUT2D eigenvalue weighted by molar-refractivity contribution is 6.48. The van der Waals surface area contributed by atoms with Crippen LogP contribution in [0, 0.1) is 16.7 Å². The van der Waals surface area contributed by atoms with Gasteiger partial charge in [0.1, 0.15) is 11.4 Å². The van der Waals surface area contributed by atoms with E-state index >= 15 is 0 Å². The molecule has 1 aliphatic rings. The van der Waals surface area contributed by atoms with Gasteiger partial charge in [-0.15, -0.1) is 0 Å². The SMILES string of the molecule is C[SiH](C)OC(O)(CCC(C)(C)C)c1ccn(C2=CC(C)(C)Oc3ccc(C#N)cc32)c(=O)c1. The molecule has 0 saturated carbocycles. The number of fused-ring (bicyclic) bond motifs is 1. The quantitative estimate of drug-likeness (QED) is 0.490. The normalized spacial score (nSPS) is 16.9. The molecule has 1 N–H and O–H groups in total. The summed E-state index contributed by atoms with van der Waals surface area (Å²) in [5.41, 5.74) is 1.38. The van der Waals surface area contributed by atoms with Crippen LogP contribution in [0.25, 0.3) is 5.70 Å². The topological polar surface area (TPSA) is 84.5 Å². The van der Waals surface area contributed by atoms with Gasteiger partial charge in [-0.05, 0) is 69.1 Å². The number of hydrogen-bond acceptors (Lipinski definition) is 5. The zero-order chi connectivity index (χ0) is 24.6. The van der Waals surface area contributed by atoms with Gasteiger partial charge in [0, 0.05) is 29.8 Å². The molecule has 0 bridgehead atoms. The van der Waals surface area contributed by atoms with Gasteiger partial charge in [0.15, 0.2) is 14.8 Å². The van der Waals surface area contributed by atoms with Crippen LogP contribution in [0.1, 0.15) is 64.2 Å². The Morgan fingerprint density at radius 3 is 2.45 bits per heavy atom. The highest BCUT2D eigenvalue weighted by Crippen LogP contribution is 2.38. The van der Waals surface area contributed by atoms with Gasteiger partial charge in [0.2, 0.25) is 0 Å². The van der Waals surface area contributed by atoms with Crippen LogP contribution in [-0.2, 0) is 10.2 Å². The molecular formula is C26H34N2O4Si. The van der Waals surface area contributed by atoms with Gasteiger partial charge in [-0.3, -0.25) is 9.36 Å². The highest BCUT2D eigenvalue weighted by atomic mass is 28.3. The average Bonchev–Trinajstić information content (AvgIpc) is 2.70. The van der Waals surface area contributed by atoms with Crippen LogP contribution in [0.5, 0.6) is 5.75 Å². The van der Waals surface area contributed by atoms with Crippen molar-refractivity contribution in [3.63, 3.8) is 0 Å². The second-order valence-corrected chi connectivity index (χ2v) is 13.0. The van der Waals surface area contributed by atoms with E-state index in [2.05, 4.69) is 26.8 Å². The first-order chi connectivity index (χ1) is 15.2. The molecular weight excluding hydrogens is 432 g/mol. The molecule has 7 heteroatoms. The Labute approximate surface area is 197 Å². The lowest BCUT2D eigenvalue weighted by Crippen LogP contribution is -2.37. The summed E-state index contributed by atoms with van der Waals surface area (Å²) in [6, 6.07) is 10.5. The number of nitriles is 1. The van der Waals surface area contributed by atoms with Crippen LogP contribution in [0.3, 0.4) is 0 Å². The summed E-state index contributed by atoms with van der Waals surface area (Å²) in [6.07, 6.45) is 4.69. The molecule has 0 spiro atoms. The summed E-state index contributed by atoms with van der Waals surface area (Å²) >= 11 is 0. The maximum absolute atomic E-state index is 13.3. The maximum Gasteiger partial charge on any atom is 0.255 e. The van der Waals surface area contributed by atoms with Gasteiger partial charge in [-0.25, -0.2) is 0 Å². The second kappa shape index (κ2) is 8.94. The van der Waals surface area contributed by atoms with Gasteiger partial charge in [0.25, 0.3) is 5.56 Å². The smallest absolute Gasteiger partial charge is 0.255 e. The molecule has 1 atom stereocenters. The van der Waals surface area contributed by atoms with Gasteiger partial charge < -0.3 is 14.3 Å². The number of aliphatic hydroxyl groups is 1. The Kier molecular flexibility index (Phi) is 6.76. The number of nitrogens with zero attached hydrogens (tertiary/aromatic N) is 2. The van der Waals surface area contributed by atoms with E-state index in [1.807, 2.05) is 33.0 Å². The Morgan fingerprint density at radius 2 is 1.88 bits per heavy atom. The van der Waals surface area contributed by atoms with E-state index in [1.165, 1.54) is 10.6 Å². The predicted molar refractivity (Wildman–Crippen MR) is 132 cm³/mol. The highest BCUT2D eigenvalue weighted by Gasteiger charge is 2.34. The largest absolute Gasteiger partial charge is 0.483 e. The zero-order valence-electron chi connectivity index (χ0n) is 20.6. The van der Waals surface area contributed by atoms with Crippen molar-refractivity contribution in [1.82, 2.24) is 4.57 Å². The lowest BCUT2D eigenvalue weighted by atomic mass is 9.87. The summed E-state index contributed by atoms with van der Waals surface area (Å²) in [6.45, 7) is 14.2. The summed E-state index contributed by atoms with van der Waals surface area (Å²) in [7, 11) is -1.60. The summed E-state index contributed by atoms with van der Waals surface area (Å²) in [4.78, 5) is 13.3. The fourth-order valence-corrected chi connectivity index (χ4v) is 4.97. The predicted octanol–water partition coefficient (Wildman–Crippen LogP) is 4.75. The van der Waals surface area contributed by atoms with Crippen molar-refractivity contribution in [3.05, 3.63) is 69.6 Å². The molecule has 0 amide bonds. The van der Waals surface area contributed by atoms with Crippen molar-refractivity contribution in [2.24, 2.45) is 5.41 Å². The molecule has 1 aromatic carbocycles. The fourth-order valence-electron chi connectivity index (χ4n) is 3.93. The molecule has 0 saturated heterocycles. The van der Waals surface area contributed by atoms with Gasteiger partial charge in [0.05, 0.1) is 17.3 Å². The van der Waals surface area contributed by atoms with Crippen LogP contribution < -0.4 is 10.3 Å². The molecule has 2 heterocycles. The summed E-state index contributed by atoms with van der Waals surface area (Å²) in [5.74, 6) is -0.885. The van der Waals surface area contributed by atoms with E-state index in [1.54, 1.807) is 30.5 Å². The molecule has 0 fully saturated rings. The molecule has 176 valence electrons. The average molecular weight is 467 g/mol. The van der Waals surface area contributed by atoms with Crippen LogP contribution in [-0.4, -0.2) is 24.3 Å². The third kappa shape index (κ3) is 5.83. The number of rotatable bonds is 6. The molecule has 33 heavy (non-hydrogen) atoms. The van der Waals surface area contributed by atoms with Crippen LogP contribution in [0.15, 0.2) is 47.4 Å². The number of ether oxygens (including phenoxy) is 1. The Hall–Kier alpha value is -2.66. The van der Waals surface area contributed by atoms with Crippen molar-refractivity contribution in [3.8, 4) is 11.8 Å². The molecule has 6 nitrogen and oxygen atoms in total. The Bertz CT molecular complexity index is 1170. The molecule has 1 aliphatic heterocycles. The molecule has 1 unspecified atom stereocenters. The van der Waals surface area contributed by atoms with E-state index in [0.717, 1.165) is 6.42 Å². The van der Waals surface area contributed by atoms with Crippen molar-refractivity contribution in [2.75, 3.05) is 0 Å². The molecule has 1 aromatic heterocycles. The van der Waals surface area contributed by atoms with Crippen LogP contribution >= 0.6 is 0 Å². The van der Waals surface area contributed by atoms with E-state index in [4.69, 9.17) is 9.16 Å². The fraction of sp³-hybridized carbons (Fsp3) is 0.462. The minimum Gasteiger partial charge on any atom is -0.483 e.